The van der Waals surface area contributed by atoms with Crippen LogP contribution in [0.5, 0.6) is 11.5 Å². The number of hydrogen-bond donors (Lipinski definition) is 1. The molecule has 98 valence electrons. The van der Waals surface area contributed by atoms with Crippen molar-refractivity contribution < 1.29 is 13.9 Å². The van der Waals surface area contributed by atoms with Gasteiger partial charge in [0.2, 0.25) is 0 Å². The first kappa shape index (κ1) is 11.8. The zero-order valence-corrected chi connectivity index (χ0v) is 10.4. The predicted molar refractivity (Wildman–Crippen MR) is 66.8 cm³/mol. The lowest BCUT2D eigenvalue weighted by molar-refractivity contribution is 0.167. The van der Waals surface area contributed by atoms with E-state index in [0.717, 1.165) is 24.3 Å². The smallest absolute Gasteiger partial charge is 0.166 e. The molecule has 0 bridgehead atoms. The van der Waals surface area contributed by atoms with Crippen LogP contribution in [0.25, 0.3) is 0 Å². The van der Waals surface area contributed by atoms with Crippen LogP contribution in [0.1, 0.15) is 36.4 Å². The highest BCUT2D eigenvalue weighted by atomic mass is 19.1. The van der Waals surface area contributed by atoms with Crippen LogP contribution in [0.15, 0.2) is 12.1 Å². The van der Waals surface area contributed by atoms with Gasteiger partial charge >= 0.3 is 0 Å². The summed E-state index contributed by atoms with van der Waals surface area (Å²) < 4.78 is 24.2. The maximum Gasteiger partial charge on any atom is 0.166 e. The van der Waals surface area contributed by atoms with Crippen LogP contribution in [0.3, 0.4) is 0 Å². The molecule has 2 aliphatic rings. The van der Waals surface area contributed by atoms with E-state index in [1.54, 1.807) is 6.07 Å². The molecule has 2 aliphatic heterocycles. The fourth-order valence-corrected chi connectivity index (χ4v) is 2.69. The van der Waals surface area contributed by atoms with Crippen molar-refractivity contribution >= 4 is 0 Å². The van der Waals surface area contributed by atoms with Crippen molar-refractivity contribution in [2.45, 2.75) is 32.0 Å². The first-order chi connectivity index (χ1) is 8.88. The van der Waals surface area contributed by atoms with Gasteiger partial charge in [0.05, 0.1) is 0 Å². The predicted octanol–water partition coefficient (Wildman–Crippen LogP) is 2.74. The van der Waals surface area contributed by atoms with Crippen molar-refractivity contribution in [1.29, 1.82) is 0 Å². The standard InChI is InChI=1S/C14H18FNO2/c15-9-10-7-11(12-3-1-2-4-16-12)14-13(8-10)17-5-6-18-14/h7-8,12,16H,1-6,9H2. The maximum absolute atomic E-state index is 12.9. The molecular weight excluding hydrogens is 233 g/mol. The van der Waals surface area contributed by atoms with Gasteiger partial charge in [-0.1, -0.05) is 6.42 Å². The van der Waals surface area contributed by atoms with Gasteiger partial charge in [-0.05, 0) is 37.1 Å². The highest BCUT2D eigenvalue weighted by Gasteiger charge is 2.24. The number of alkyl halides is 1. The molecule has 1 N–H and O–H groups in total. The van der Waals surface area contributed by atoms with Crippen molar-refractivity contribution in [2.75, 3.05) is 19.8 Å². The third-order valence-electron chi connectivity index (χ3n) is 3.57. The molecular formula is C14H18FNO2. The average Bonchev–Trinajstić information content (AvgIpc) is 2.47. The second kappa shape index (κ2) is 5.14. The van der Waals surface area contributed by atoms with E-state index in [2.05, 4.69) is 5.32 Å². The highest BCUT2D eigenvalue weighted by molar-refractivity contribution is 5.51. The normalized spacial score (nSPS) is 22.8. The second-order valence-corrected chi connectivity index (χ2v) is 4.85. The summed E-state index contributed by atoms with van der Waals surface area (Å²) in [5.41, 5.74) is 1.72. The van der Waals surface area contributed by atoms with E-state index in [0.29, 0.717) is 24.5 Å². The van der Waals surface area contributed by atoms with Gasteiger partial charge in [0, 0.05) is 11.6 Å². The topological polar surface area (TPSA) is 30.5 Å². The molecule has 2 heterocycles. The lowest BCUT2D eigenvalue weighted by atomic mass is 9.95. The third kappa shape index (κ3) is 2.17. The van der Waals surface area contributed by atoms with Crippen LogP contribution < -0.4 is 14.8 Å². The summed E-state index contributed by atoms with van der Waals surface area (Å²) >= 11 is 0. The van der Waals surface area contributed by atoms with E-state index >= 15 is 0 Å². The number of halogens is 1. The van der Waals surface area contributed by atoms with E-state index in [1.807, 2.05) is 6.07 Å². The number of rotatable bonds is 2. The fourth-order valence-electron chi connectivity index (χ4n) is 2.69. The highest BCUT2D eigenvalue weighted by Crippen LogP contribution is 2.40. The molecule has 3 nitrogen and oxygen atoms in total. The Kier molecular flexibility index (Phi) is 3.37. The monoisotopic (exact) mass is 251 g/mol. The van der Waals surface area contributed by atoms with Crippen LogP contribution in [0, 0.1) is 0 Å². The molecule has 0 radical (unpaired) electrons. The van der Waals surface area contributed by atoms with Gasteiger partial charge in [-0.15, -0.1) is 0 Å². The Morgan fingerprint density at radius 3 is 2.89 bits per heavy atom. The molecule has 18 heavy (non-hydrogen) atoms. The fraction of sp³-hybridized carbons (Fsp3) is 0.571. The van der Waals surface area contributed by atoms with Crippen molar-refractivity contribution in [3.8, 4) is 11.5 Å². The minimum absolute atomic E-state index is 0.265. The number of hydrogen-bond acceptors (Lipinski definition) is 3. The quantitative estimate of drug-likeness (QED) is 0.876. The number of nitrogens with one attached hydrogen (secondary N) is 1. The summed E-state index contributed by atoms with van der Waals surface area (Å²) in [4.78, 5) is 0. The van der Waals surface area contributed by atoms with Crippen molar-refractivity contribution in [1.82, 2.24) is 5.32 Å². The Morgan fingerprint density at radius 2 is 2.11 bits per heavy atom. The van der Waals surface area contributed by atoms with Crippen molar-refractivity contribution in [3.05, 3.63) is 23.3 Å². The van der Waals surface area contributed by atoms with Crippen LogP contribution in [0.2, 0.25) is 0 Å². The second-order valence-electron chi connectivity index (χ2n) is 4.85. The number of fused-ring (bicyclic) bond motifs is 1. The molecule has 0 spiro atoms. The average molecular weight is 251 g/mol. The molecule has 0 aromatic heterocycles. The van der Waals surface area contributed by atoms with E-state index in [9.17, 15) is 4.39 Å². The molecule has 1 atom stereocenters. The summed E-state index contributed by atoms with van der Waals surface area (Å²) in [6.45, 7) is 1.67. The summed E-state index contributed by atoms with van der Waals surface area (Å²) in [6, 6.07) is 3.93. The molecule has 1 unspecified atom stereocenters. The molecule has 0 aliphatic carbocycles. The SMILES string of the molecule is FCc1cc2c(c(C3CCCCN3)c1)OCCO2. The van der Waals surface area contributed by atoms with Crippen molar-refractivity contribution in [3.63, 3.8) is 0 Å². The van der Waals surface area contributed by atoms with Gasteiger partial charge in [-0.3, -0.25) is 0 Å². The van der Waals surface area contributed by atoms with Gasteiger partial charge in [0.1, 0.15) is 19.9 Å². The molecule has 1 saturated heterocycles. The minimum Gasteiger partial charge on any atom is -0.486 e. The Morgan fingerprint density at radius 1 is 1.22 bits per heavy atom. The van der Waals surface area contributed by atoms with Gasteiger partial charge in [-0.2, -0.15) is 0 Å². The molecule has 1 aromatic rings. The van der Waals surface area contributed by atoms with Gasteiger partial charge in [0.15, 0.2) is 11.5 Å². The lowest BCUT2D eigenvalue weighted by Gasteiger charge is -2.29. The van der Waals surface area contributed by atoms with E-state index < -0.39 is 6.67 Å². The minimum atomic E-state index is -0.462. The largest absolute Gasteiger partial charge is 0.486 e. The van der Waals surface area contributed by atoms with Crippen LogP contribution in [-0.4, -0.2) is 19.8 Å². The third-order valence-corrected chi connectivity index (χ3v) is 3.57. The zero-order valence-electron chi connectivity index (χ0n) is 10.4. The molecule has 0 amide bonds. The van der Waals surface area contributed by atoms with Gasteiger partial charge < -0.3 is 14.8 Å². The maximum atomic E-state index is 12.9. The lowest BCUT2D eigenvalue weighted by Crippen LogP contribution is -2.28. The Labute approximate surface area is 106 Å². The Hall–Kier alpha value is -1.29. The summed E-state index contributed by atoms with van der Waals surface area (Å²) in [5, 5.41) is 3.48. The molecule has 0 saturated carbocycles. The van der Waals surface area contributed by atoms with Crippen LogP contribution in [0.4, 0.5) is 4.39 Å². The number of benzene rings is 1. The summed E-state index contributed by atoms with van der Waals surface area (Å²) in [7, 11) is 0. The van der Waals surface area contributed by atoms with E-state index in [1.165, 1.54) is 12.8 Å². The van der Waals surface area contributed by atoms with E-state index in [4.69, 9.17) is 9.47 Å². The Balaban J connectivity index is 1.99. The zero-order chi connectivity index (χ0) is 12.4. The number of ether oxygens (including phenoxy) is 2. The molecule has 1 aromatic carbocycles. The van der Waals surface area contributed by atoms with Gasteiger partial charge in [0.25, 0.3) is 0 Å². The summed E-state index contributed by atoms with van der Waals surface area (Å²) in [6.07, 6.45) is 3.48. The first-order valence-corrected chi connectivity index (χ1v) is 6.60. The van der Waals surface area contributed by atoms with Crippen LogP contribution in [-0.2, 0) is 6.67 Å². The van der Waals surface area contributed by atoms with Crippen molar-refractivity contribution in [2.24, 2.45) is 0 Å². The molecule has 4 heteroatoms. The number of piperidine rings is 1. The van der Waals surface area contributed by atoms with Gasteiger partial charge in [-0.25, -0.2) is 4.39 Å². The van der Waals surface area contributed by atoms with E-state index in [-0.39, 0.29) is 6.04 Å². The first-order valence-electron chi connectivity index (χ1n) is 6.60. The Bertz CT molecular complexity index is 430. The summed E-state index contributed by atoms with van der Waals surface area (Å²) in [5.74, 6) is 1.50. The molecule has 1 fully saturated rings. The molecule has 3 rings (SSSR count). The van der Waals surface area contributed by atoms with Crippen LogP contribution >= 0.6 is 0 Å².